The summed E-state index contributed by atoms with van der Waals surface area (Å²) >= 11 is 0. The molecule has 30 heavy (non-hydrogen) atoms. The van der Waals surface area contributed by atoms with Gasteiger partial charge < -0.3 is 10.2 Å². The van der Waals surface area contributed by atoms with Crippen LogP contribution < -0.4 is 10.2 Å². The van der Waals surface area contributed by atoms with E-state index in [2.05, 4.69) is 21.3 Å². The predicted molar refractivity (Wildman–Crippen MR) is 114 cm³/mol. The lowest BCUT2D eigenvalue weighted by atomic mass is 10.2. The SMILES string of the molecule is Cc1cc(-n2c(-c3ccc(F)cc3)nc3ccc(N4C[C@H]5C[C@@H]4CN5)nc32)ccn1. The minimum absolute atomic E-state index is 0.265. The maximum absolute atomic E-state index is 13.5. The second-order valence-electron chi connectivity index (χ2n) is 8.09. The fourth-order valence-electron chi connectivity index (χ4n) is 4.66. The van der Waals surface area contributed by atoms with Crippen LogP contribution in [0.2, 0.25) is 0 Å². The molecule has 6 nitrogen and oxygen atoms in total. The molecule has 1 N–H and O–H groups in total. The van der Waals surface area contributed by atoms with Gasteiger partial charge >= 0.3 is 0 Å². The van der Waals surface area contributed by atoms with Crippen molar-refractivity contribution < 1.29 is 4.39 Å². The number of nitrogens with zero attached hydrogens (tertiary/aromatic N) is 5. The average molecular weight is 400 g/mol. The van der Waals surface area contributed by atoms with E-state index in [1.54, 1.807) is 18.3 Å². The zero-order valence-corrected chi connectivity index (χ0v) is 16.6. The van der Waals surface area contributed by atoms with Crippen LogP contribution in [0.25, 0.3) is 28.2 Å². The summed E-state index contributed by atoms with van der Waals surface area (Å²) in [6, 6.07) is 15.6. The lowest BCUT2D eigenvalue weighted by Crippen LogP contribution is -2.44. The van der Waals surface area contributed by atoms with E-state index in [1.807, 2.05) is 29.7 Å². The van der Waals surface area contributed by atoms with Crippen molar-refractivity contribution in [2.45, 2.75) is 25.4 Å². The van der Waals surface area contributed by atoms with E-state index in [1.165, 1.54) is 18.6 Å². The quantitative estimate of drug-likeness (QED) is 0.571. The Hall–Kier alpha value is -3.32. The van der Waals surface area contributed by atoms with Crippen LogP contribution in [0.1, 0.15) is 12.1 Å². The van der Waals surface area contributed by atoms with Crippen molar-refractivity contribution >= 4 is 17.0 Å². The lowest BCUT2D eigenvalue weighted by Gasteiger charge is -2.28. The number of hydrogen-bond donors (Lipinski definition) is 1. The molecule has 0 radical (unpaired) electrons. The van der Waals surface area contributed by atoms with Crippen molar-refractivity contribution in [1.29, 1.82) is 0 Å². The molecule has 1 aromatic carbocycles. The minimum Gasteiger partial charge on any atom is -0.351 e. The summed E-state index contributed by atoms with van der Waals surface area (Å²) in [5.41, 5.74) is 4.31. The molecule has 150 valence electrons. The first-order valence-corrected chi connectivity index (χ1v) is 10.2. The Labute approximate surface area is 173 Å². The lowest BCUT2D eigenvalue weighted by molar-refractivity contribution is 0.577. The largest absolute Gasteiger partial charge is 0.351 e. The van der Waals surface area contributed by atoms with Gasteiger partial charge in [-0.2, -0.15) is 0 Å². The van der Waals surface area contributed by atoms with Crippen molar-refractivity contribution in [2.24, 2.45) is 0 Å². The van der Waals surface area contributed by atoms with Crippen LogP contribution in [0, 0.1) is 12.7 Å². The van der Waals surface area contributed by atoms with Gasteiger partial charge in [0.15, 0.2) is 5.65 Å². The predicted octanol–water partition coefficient (Wildman–Crippen LogP) is 3.48. The zero-order chi connectivity index (χ0) is 20.2. The molecule has 5 heterocycles. The van der Waals surface area contributed by atoms with E-state index < -0.39 is 0 Å². The van der Waals surface area contributed by atoms with Gasteiger partial charge in [0, 0.05) is 42.6 Å². The van der Waals surface area contributed by atoms with Crippen LogP contribution in [0.4, 0.5) is 10.2 Å². The molecule has 0 spiro atoms. The molecule has 0 unspecified atom stereocenters. The molecule has 2 bridgehead atoms. The monoisotopic (exact) mass is 400 g/mol. The summed E-state index contributed by atoms with van der Waals surface area (Å²) < 4.78 is 15.6. The first-order valence-electron chi connectivity index (χ1n) is 10.2. The van der Waals surface area contributed by atoms with Gasteiger partial charge in [0.25, 0.3) is 0 Å². The molecular weight excluding hydrogens is 379 g/mol. The summed E-state index contributed by atoms with van der Waals surface area (Å²) in [4.78, 5) is 16.6. The van der Waals surface area contributed by atoms with Crippen molar-refractivity contribution in [2.75, 3.05) is 18.0 Å². The van der Waals surface area contributed by atoms with Crippen LogP contribution in [0.3, 0.4) is 0 Å². The summed E-state index contributed by atoms with van der Waals surface area (Å²) in [6.45, 7) is 3.96. The molecule has 2 saturated heterocycles. The van der Waals surface area contributed by atoms with Crippen molar-refractivity contribution in [3.05, 3.63) is 66.2 Å². The number of aryl methyl sites for hydroxylation is 1. The molecule has 2 atom stereocenters. The highest BCUT2D eigenvalue weighted by molar-refractivity contribution is 5.81. The minimum atomic E-state index is -0.265. The highest BCUT2D eigenvalue weighted by atomic mass is 19.1. The third-order valence-electron chi connectivity index (χ3n) is 6.08. The van der Waals surface area contributed by atoms with E-state index in [-0.39, 0.29) is 5.82 Å². The van der Waals surface area contributed by atoms with E-state index in [0.29, 0.717) is 12.1 Å². The molecule has 0 amide bonds. The number of aromatic nitrogens is 4. The Balaban J connectivity index is 1.56. The number of pyridine rings is 2. The maximum Gasteiger partial charge on any atom is 0.167 e. The van der Waals surface area contributed by atoms with E-state index in [4.69, 9.17) is 9.97 Å². The first-order chi connectivity index (χ1) is 14.7. The van der Waals surface area contributed by atoms with Gasteiger partial charge in [0.1, 0.15) is 23.0 Å². The third-order valence-corrected chi connectivity index (χ3v) is 6.08. The molecule has 0 saturated carbocycles. The summed E-state index contributed by atoms with van der Waals surface area (Å²) in [5.74, 6) is 1.46. The second-order valence-corrected chi connectivity index (χ2v) is 8.09. The van der Waals surface area contributed by atoms with Crippen molar-refractivity contribution in [3.8, 4) is 17.1 Å². The second kappa shape index (κ2) is 6.60. The number of imidazole rings is 1. The fraction of sp³-hybridized carbons (Fsp3) is 0.261. The molecule has 4 aromatic rings. The number of rotatable bonds is 3. The van der Waals surface area contributed by atoms with E-state index in [9.17, 15) is 4.39 Å². The van der Waals surface area contributed by atoms with Gasteiger partial charge in [-0.15, -0.1) is 0 Å². The number of hydrogen-bond acceptors (Lipinski definition) is 5. The number of halogens is 1. The summed E-state index contributed by atoms with van der Waals surface area (Å²) in [6.07, 6.45) is 2.96. The standard InChI is InChI=1S/C23H21FN6/c1-14-10-18(8-9-25-14)30-22(15-2-4-16(24)5-3-15)27-20-6-7-21(28-23(20)30)29-13-17-11-19(29)12-26-17/h2-10,17,19,26H,11-13H2,1H3/t17-,19-/m1/s1. The van der Waals surface area contributed by atoms with Gasteiger partial charge in [-0.1, -0.05) is 0 Å². The Morgan fingerprint density at radius 1 is 1.07 bits per heavy atom. The van der Waals surface area contributed by atoms with E-state index in [0.717, 1.165) is 52.8 Å². The molecule has 7 heteroatoms. The van der Waals surface area contributed by atoms with Gasteiger partial charge in [-0.05, 0) is 61.9 Å². The number of anilines is 1. The van der Waals surface area contributed by atoms with E-state index >= 15 is 0 Å². The average Bonchev–Trinajstić information content (AvgIpc) is 3.48. The van der Waals surface area contributed by atoms with Gasteiger partial charge in [0.05, 0.1) is 5.69 Å². The van der Waals surface area contributed by atoms with Gasteiger partial charge in [0.2, 0.25) is 0 Å². The number of fused-ring (bicyclic) bond motifs is 3. The molecule has 0 aliphatic carbocycles. The molecule has 2 aliphatic heterocycles. The van der Waals surface area contributed by atoms with Gasteiger partial charge in [-0.3, -0.25) is 9.55 Å². The fourth-order valence-corrected chi connectivity index (χ4v) is 4.66. The van der Waals surface area contributed by atoms with Crippen LogP contribution in [-0.2, 0) is 0 Å². The molecule has 6 rings (SSSR count). The van der Waals surface area contributed by atoms with Crippen LogP contribution in [-0.4, -0.2) is 44.7 Å². The maximum atomic E-state index is 13.5. The highest BCUT2D eigenvalue weighted by Gasteiger charge is 2.38. The Morgan fingerprint density at radius 2 is 1.93 bits per heavy atom. The van der Waals surface area contributed by atoms with Gasteiger partial charge in [-0.25, -0.2) is 14.4 Å². The smallest absolute Gasteiger partial charge is 0.167 e. The number of piperazine rings is 1. The molecule has 2 fully saturated rings. The first kappa shape index (κ1) is 17.5. The highest BCUT2D eigenvalue weighted by Crippen LogP contribution is 2.32. The van der Waals surface area contributed by atoms with Crippen LogP contribution in [0.15, 0.2) is 54.7 Å². The van der Waals surface area contributed by atoms with Crippen molar-refractivity contribution in [1.82, 2.24) is 24.8 Å². The van der Waals surface area contributed by atoms with Crippen molar-refractivity contribution in [3.63, 3.8) is 0 Å². The third kappa shape index (κ3) is 2.77. The number of nitrogens with one attached hydrogen (secondary N) is 1. The van der Waals surface area contributed by atoms with Crippen LogP contribution >= 0.6 is 0 Å². The Kier molecular flexibility index (Phi) is 3.86. The molecule has 3 aromatic heterocycles. The summed E-state index contributed by atoms with van der Waals surface area (Å²) in [7, 11) is 0. The molecule has 2 aliphatic rings. The Morgan fingerprint density at radius 3 is 2.67 bits per heavy atom. The van der Waals surface area contributed by atoms with Crippen LogP contribution in [0.5, 0.6) is 0 Å². The molecular formula is C23H21FN6. The number of benzene rings is 1. The zero-order valence-electron chi connectivity index (χ0n) is 16.6. The summed E-state index contributed by atoms with van der Waals surface area (Å²) in [5, 5.41) is 3.54. The normalized spacial score (nSPS) is 20.4. The Bertz CT molecular complexity index is 1250. The topological polar surface area (TPSA) is 58.9 Å².